The van der Waals surface area contributed by atoms with Crippen LogP contribution in [0.25, 0.3) is 0 Å². The van der Waals surface area contributed by atoms with E-state index in [9.17, 15) is 4.79 Å². The number of carbonyl (C=O) groups is 1. The molecule has 1 N–H and O–H groups in total. The van der Waals surface area contributed by atoms with Gasteiger partial charge in [0.25, 0.3) is 0 Å². The fourth-order valence-electron chi connectivity index (χ4n) is 1.93. The highest BCUT2D eigenvalue weighted by molar-refractivity contribution is 8.01. The van der Waals surface area contributed by atoms with E-state index in [1.54, 1.807) is 7.11 Å². The molecule has 0 radical (unpaired) electrons. The second-order valence-corrected chi connectivity index (χ2v) is 6.78. The van der Waals surface area contributed by atoms with Gasteiger partial charge in [0.1, 0.15) is 5.75 Å². The number of anilines is 2. The minimum Gasteiger partial charge on any atom is -0.497 e. The highest BCUT2D eigenvalue weighted by Crippen LogP contribution is 2.28. The number of thioether (sulfide) groups is 1. The number of carbonyl (C=O) groups excluding carboxylic acids is 1. The van der Waals surface area contributed by atoms with Gasteiger partial charge in [0.2, 0.25) is 11.0 Å². The van der Waals surface area contributed by atoms with Crippen molar-refractivity contribution in [1.29, 1.82) is 0 Å². The minimum atomic E-state index is 0.123. The number of hydrogen-bond acceptors (Lipinski definition) is 7. The van der Waals surface area contributed by atoms with E-state index in [-0.39, 0.29) is 5.91 Å². The van der Waals surface area contributed by atoms with E-state index >= 15 is 0 Å². The van der Waals surface area contributed by atoms with E-state index in [0.717, 1.165) is 28.9 Å². The van der Waals surface area contributed by atoms with Crippen molar-refractivity contribution in [3.63, 3.8) is 0 Å². The lowest BCUT2D eigenvalue weighted by molar-refractivity contribution is -0.127. The molecule has 0 bridgehead atoms. The molecular weight excluding hydrogens is 332 g/mol. The summed E-state index contributed by atoms with van der Waals surface area (Å²) in [6.07, 6.45) is 0. The van der Waals surface area contributed by atoms with Crippen molar-refractivity contribution in [2.75, 3.05) is 31.3 Å². The molecule has 6 nitrogen and oxygen atoms in total. The van der Waals surface area contributed by atoms with Crippen molar-refractivity contribution in [2.45, 2.75) is 18.2 Å². The Morgan fingerprint density at radius 2 is 2.13 bits per heavy atom. The van der Waals surface area contributed by atoms with Crippen molar-refractivity contribution >= 4 is 39.8 Å². The molecule has 0 spiro atoms. The van der Waals surface area contributed by atoms with Crippen LogP contribution in [0.5, 0.6) is 5.75 Å². The highest BCUT2D eigenvalue weighted by Gasteiger charge is 2.12. The molecule has 0 aliphatic heterocycles. The number of rotatable bonds is 8. The lowest BCUT2D eigenvalue weighted by atomic mass is 10.3. The Bertz CT molecular complexity index is 644. The molecule has 1 amide bonds. The van der Waals surface area contributed by atoms with Gasteiger partial charge in [-0.3, -0.25) is 4.79 Å². The average molecular weight is 352 g/mol. The standard InChI is InChI=1S/C15H20N4O2S2/c1-4-19(5-2)13(20)10-22-15-18-17-14(23-15)16-11-7-6-8-12(9-11)21-3/h6-9H,4-5,10H2,1-3H3,(H,16,17). The maximum atomic E-state index is 12.0. The largest absolute Gasteiger partial charge is 0.497 e. The predicted molar refractivity (Wildman–Crippen MR) is 94.8 cm³/mol. The van der Waals surface area contributed by atoms with Crippen LogP contribution < -0.4 is 10.1 Å². The monoisotopic (exact) mass is 352 g/mol. The van der Waals surface area contributed by atoms with Gasteiger partial charge in [0.15, 0.2) is 4.34 Å². The summed E-state index contributed by atoms with van der Waals surface area (Å²) in [5, 5.41) is 12.1. The number of benzene rings is 1. The van der Waals surface area contributed by atoms with Crippen molar-refractivity contribution in [2.24, 2.45) is 0 Å². The molecule has 2 aromatic rings. The summed E-state index contributed by atoms with van der Waals surface area (Å²) >= 11 is 2.84. The second-order valence-electron chi connectivity index (χ2n) is 4.58. The summed E-state index contributed by atoms with van der Waals surface area (Å²) < 4.78 is 5.96. The smallest absolute Gasteiger partial charge is 0.233 e. The number of ether oxygens (including phenoxy) is 1. The minimum absolute atomic E-state index is 0.123. The van der Waals surface area contributed by atoms with E-state index in [1.807, 2.05) is 43.0 Å². The van der Waals surface area contributed by atoms with E-state index in [2.05, 4.69) is 15.5 Å². The Balaban J connectivity index is 1.91. The van der Waals surface area contributed by atoms with Gasteiger partial charge in [-0.1, -0.05) is 29.2 Å². The molecule has 0 aliphatic rings. The molecule has 0 atom stereocenters. The summed E-state index contributed by atoms with van der Waals surface area (Å²) in [7, 11) is 1.63. The van der Waals surface area contributed by atoms with Crippen molar-refractivity contribution in [1.82, 2.24) is 15.1 Å². The third kappa shape index (κ3) is 5.11. The summed E-state index contributed by atoms with van der Waals surface area (Å²) in [5.41, 5.74) is 0.885. The maximum Gasteiger partial charge on any atom is 0.233 e. The summed E-state index contributed by atoms with van der Waals surface area (Å²) in [4.78, 5) is 13.8. The van der Waals surface area contributed by atoms with Crippen LogP contribution in [0.3, 0.4) is 0 Å². The zero-order valence-electron chi connectivity index (χ0n) is 13.4. The molecule has 8 heteroatoms. The first-order valence-electron chi connectivity index (χ1n) is 7.31. The molecule has 1 aromatic carbocycles. The van der Waals surface area contributed by atoms with Crippen LogP contribution >= 0.6 is 23.1 Å². The van der Waals surface area contributed by atoms with E-state index in [0.29, 0.717) is 10.9 Å². The Hall–Kier alpha value is -1.80. The molecule has 0 unspecified atom stereocenters. The lowest BCUT2D eigenvalue weighted by Crippen LogP contribution is -2.31. The second kappa shape index (κ2) is 8.73. The summed E-state index contributed by atoms with van der Waals surface area (Å²) in [5.74, 6) is 1.28. The number of amides is 1. The predicted octanol–water partition coefficient (Wildman–Crippen LogP) is 3.25. The highest BCUT2D eigenvalue weighted by atomic mass is 32.2. The number of nitrogens with one attached hydrogen (secondary N) is 1. The molecule has 0 saturated heterocycles. The third-order valence-electron chi connectivity index (χ3n) is 3.16. The fraction of sp³-hybridized carbons (Fsp3) is 0.400. The zero-order chi connectivity index (χ0) is 16.7. The van der Waals surface area contributed by atoms with Crippen LogP contribution in [-0.4, -0.2) is 47.0 Å². The topological polar surface area (TPSA) is 67.4 Å². The molecular formula is C15H20N4O2S2. The van der Waals surface area contributed by atoms with Gasteiger partial charge < -0.3 is 15.0 Å². The van der Waals surface area contributed by atoms with Crippen LogP contribution in [0.15, 0.2) is 28.6 Å². The van der Waals surface area contributed by atoms with Gasteiger partial charge >= 0.3 is 0 Å². The number of aromatic nitrogens is 2. The SMILES string of the molecule is CCN(CC)C(=O)CSc1nnc(Nc2cccc(OC)c2)s1. The van der Waals surface area contributed by atoms with Gasteiger partial charge in [0.05, 0.1) is 12.9 Å². The van der Waals surface area contributed by atoms with Gasteiger partial charge in [-0.05, 0) is 26.0 Å². The molecule has 0 saturated carbocycles. The van der Waals surface area contributed by atoms with Gasteiger partial charge in [-0.25, -0.2) is 0 Å². The van der Waals surface area contributed by atoms with Crippen molar-refractivity contribution in [3.8, 4) is 5.75 Å². The maximum absolute atomic E-state index is 12.0. The van der Waals surface area contributed by atoms with Crippen LogP contribution in [0.2, 0.25) is 0 Å². The summed E-state index contributed by atoms with van der Waals surface area (Å²) in [6, 6.07) is 7.60. The Kier molecular flexibility index (Phi) is 6.66. The first-order chi connectivity index (χ1) is 11.2. The Morgan fingerprint density at radius 1 is 1.35 bits per heavy atom. The van der Waals surface area contributed by atoms with Crippen molar-refractivity contribution in [3.05, 3.63) is 24.3 Å². The van der Waals surface area contributed by atoms with E-state index in [1.165, 1.54) is 23.1 Å². The van der Waals surface area contributed by atoms with E-state index in [4.69, 9.17) is 4.74 Å². The number of methoxy groups -OCH3 is 1. The van der Waals surface area contributed by atoms with Gasteiger partial charge in [0, 0.05) is 24.8 Å². The van der Waals surface area contributed by atoms with Crippen LogP contribution in [-0.2, 0) is 4.79 Å². The van der Waals surface area contributed by atoms with Gasteiger partial charge in [-0.2, -0.15) is 0 Å². The lowest BCUT2D eigenvalue weighted by Gasteiger charge is -2.17. The molecule has 0 aliphatic carbocycles. The molecule has 23 heavy (non-hydrogen) atoms. The van der Waals surface area contributed by atoms with Gasteiger partial charge in [-0.15, -0.1) is 10.2 Å². The summed E-state index contributed by atoms with van der Waals surface area (Å²) in [6.45, 7) is 5.42. The third-order valence-corrected chi connectivity index (χ3v) is 5.12. The van der Waals surface area contributed by atoms with Crippen LogP contribution in [0.4, 0.5) is 10.8 Å². The first kappa shape index (κ1) is 17.6. The Labute approximate surface area is 144 Å². The molecule has 1 aromatic heterocycles. The molecule has 1 heterocycles. The quantitative estimate of drug-likeness (QED) is 0.736. The first-order valence-corrected chi connectivity index (χ1v) is 9.11. The molecule has 2 rings (SSSR count). The molecule has 0 fully saturated rings. The van der Waals surface area contributed by atoms with Crippen LogP contribution in [0.1, 0.15) is 13.8 Å². The molecule has 124 valence electrons. The van der Waals surface area contributed by atoms with Crippen molar-refractivity contribution < 1.29 is 9.53 Å². The fourth-order valence-corrected chi connectivity index (χ4v) is 3.61. The average Bonchev–Trinajstić information content (AvgIpc) is 3.01. The van der Waals surface area contributed by atoms with Crippen LogP contribution in [0, 0.1) is 0 Å². The Morgan fingerprint density at radius 3 is 2.83 bits per heavy atom. The normalized spacial score (nSPS) is 10.4. The number of hydrogen-bond donors (Lipinski definition) is 1. The number of nitrogens with zero attached hydrogens (tertiary/aromatic N) is 3. The van der Waals surface area contributed by atoms with E-state index < -0.39 is 0 Å². The zero-order valence-corrected chi connectivity index (χ0v) is 15.0.